The van der Waals surface area contributed by atoms with E-state index in [-0.39, 0.29) is 12.1 Å². The van der Waals surface area contributed by atoms with Crippen LogP contribution in [-0.2, 0) is 12.8 Å². The third kappa shape index (κ3) is 3.39. The number of hydrogen-bond donors (Lipinski definition) is 1. The first kappa shape index (κ1) is 17.2. The number of para-hydroxylation sites is 1. The number of benzene rings is 1. The average molecular weight is 384 g/mol. The van der Waals surface area contributed by atoms with E-state index in [4.69, 9.17) is 0 Å². The molecule has 0 saturated heterocycles. The molecule has 0 fully saturated rings. The van der Waals surface area contributed by atoms with E-state index in [0.29, 0.717) is 6.54 Å². The number of urea groups is 1. The van der Waals surface area contributed by atoms with E-state index in [2.05, 4.69) is 40.8 Å². The summed E-state index contributed by atoms with van der Waals surface area (Å²) in [5.41, 5.74) is 3.33. The highest BCUT2D eigenvalue weighted by Gasteiger charge is 2.30. The molecule has 1 aromatic carbocycles. The standard InChI is InChI=1S/C20H21N3OS2/c1-13-11-15-5-3-4-6-18(15)23(13)20(24)21-10-9-16-7-8-19(26-16)17-12-25-14(2)22-17/h3-8,12-13H,9-11H2,1-2H3,(H,21,24). The fourth-order valence-corrected chi connectivity index (χ4v) is 5.03. The minimum atomic E-state index is -0.00523. The molecule has 134 valence electrons. The molecule has 1 aliphatic heterocycles. The molecule has 3 heterocycles. The summed E-state index contributed by atoms with van der Waals surface area (Å²) in [5.74, 6) is 0. The first-order valence-corrected chi connectivity index (χ1v) is 10.5. The van der Waals surface area contributed by atoms with Gasteiger partial charge in [-0.1, -0.05) is 18.2 Å². The van der Waals surface area contributed by atoms with E-state index in [9.17, 15) is 4.79 Å². The predicted molar refractivity (Wildman–Crippen MR) is 109 cm³/mol. The summed E-state index contributed by atoms with van der Waals surface area (Å²) in [4.78, 5) is 21.5. The Labute approximate surface area is 161 Å². The molecular formula is C20H21N3OS2. The first-order chi connectivity index (χ1) is 12.6. The van der Waals surface area contributed by atoms with Crippen molar-refractivity contribution in [1.29, 1.82) is 0 Å². The second-order valence-electron chi connectivity index (χ2n) is 6.55. The second-order valence-corrected chi connectivity index (χ2v) is 8.78. The number of carbonyl (C=O) groups is 1. The predicted octanol–water partition coefficient (Wildman–Crippen LogP) is 4.88. The van der Waals surface area contributed by atoms with Crippen molar-refractivity contribution in [3.05, 3.63) is 57.2 Å². The molecule has 1 unspecified atom stereocenters. The van der Waals surface area contributed by atoms with Gasteiger partial charge in [-0.05, 0) is 50.5 Å². The molecule has 3 aromatic rings. The molecule has 0 radical (unpaired) electrons. The van der Waals surface area contributed by atoms with Crippen LogP contribution in [-0.4, -0.2) is 23.6 Å². The number of aryl methyl sites for hydroxylation is 1. The molecule has 2 amide bonds. The van der Waals surface area contributed by atoms with Gasteiger partial charge in [0, 0.05) is 28.5 Å². The van der Waals surface area contributed by atoms with Crippen LogP contribution in [0.3, 0.4) is 0 Å². The van der Waals surface area contributed by atoms with Crippen molar-refractivity contribution in [2.75, 3.05) is 11.4 Å². The molecule has 26 heavy (non-hydrogen) atoms. The molecule has 0 spiro atoms. The second kappa shape index (κ2) is 7.21. The van der Waals surface area contributed by atoms with Crippen LogP contribution < -0.4 is 10.2 Å². The molecule has 4 nitrogen and oxygen atoms in total. The van der Waals surface area contributed by atoms with Crippen LogP contribution >= 0.6 is 22.7 Å². The zero-order valence-corrected chi connectivity index (χ0v) is 16.5. The number of aromatic nitrogens is 1. The highest BCUT2D eigenvalue weighted by molar-refractivity contribution is 7.16. The van der Waals surface area contributed by atoms with Gasteiger partial charge in [-0.15, -0.1) is 22.7 Å². The van der Waals surface area contributed by atoms with Crippen LogP contribution in [0, 0.1) is 6.92 Å². The van der Waals surface area contributed by atoms with Crippen molar-refractivity contribution in [2.45, 2.75) is 32.7 Å². The maximum absolute atomic E-state index is 12.6. The summed E-state index contributed by atoms with van der Waals surface area (Å²) < 4.78 is 0. The van der Waals surface area contributed by atoms with Crippen LogP contribution in [0.15, 0.2) is 41.8 Å². The number of nitrogens with one attached hydrogen (secondary N) is 1. The Morgan fingerprint density at radius 2 is 2.15 bits per heavy atom. The Bertz CT molecular complexity index is 931. The molecule has 1 N–H and O–H groups in total. The Morgan fingerprint density at radius 1 is 1.31 bits per heavy atom. The lowest BCUT2D eigenvalue weighted by molar-refractivity contribution is 0.245. The normalized spacial score (nSPS) is 15.9. The number of carbonyl (C=O) groups excluding carboxylic acids is 1. The fourth-order valence-electron chi connectivity index (χ4n) is 3.38. The molecule has 4 rings (SSSR count). The maximum Gasteiger partial charge on any atom is 0.322 e. The van der Waals surface area contributed by atoms with Gasteiger partial charge < -0.3 is 5.32 Å². The summed E-state index contributed by atoms with van der Waals surface area (Å²) in [5, 5.41) is 6.26. The van der Waals surface area contributed by atoms with E-state index in [1.165, 1.54) is 15.3 Å². The van der Waals surface area contributed by atoms with E-state index in [1.807, 2.05) is 30.0 Å². The molecule has 0 saturated carbocycles. The molecule has 1 atom stereocenters. The molecule has 6 heteroatoms. The molecule has 0 bridgehead atoms. The molecule has 0 aliphatic carbocycles. The van der Waals surface area contributed by atoms with Crippen LogP contribution in [0.5, 0.6) is 0 Å². The summed E-state index contributed by atoms with van der Waals surface area (Å²) in [6.45, 7) is 4.76. The Morgan fingerprint density at radius 3 is 2.96 bits per heavy atom. The van der Waals surface area contributed by atoms with Gasteiger partial charge in [0.1, 0.15) is 0 Å². The summed E-state index contributed by atoms with van der Waals surface area (Å²) in [6.07, 6.45) is 1.76. The van der Waals surface area contributed by atoms with Crippen molar-refractivity contribution >= 4 is 34.4 Å². The summed E-state index contributed by atoms with van der Waals surface area (Å²) >= 11 is 3.42. The lowest BCUT2D eigenvalue weighted by atomic mass is 10.1. The number of thiophene rings is 1. The lowest BCUT2D eigenvalue weighted by Gasteiger charge is -2.23. The van der Waals surface area contributed by atoms with Crippen molar-refractivity contribution in [3.63, 3.8) is 0 Å². The Hall–Kier alpha value is -2.18. The van der Waals surface area contributed by atoms with Gasteiger partial charge in [0.2, 0.25) is 0 Å². The van der Waals surface area contributed by atoms with E-state index >= 15 is 0 Å². The van der Waals surface area contributed by atoms with Crippen molar-refractivity contribution in [3.8, 4) is 10.6 Å². The third-order valence-electron chi connectivity index (χ3n) is 4.61. The van der Waals surface area contributed by atoms with Crippen LogP contribution in [0.2, 0.25) is 0 Å². The van der Waals surface area contributed by atoms with Crippen LogP contribution in [0.1, 0.15) is 22.4 Å². The molecular weight excluding hydrogens is 362 g/mol. The highest BCUT2D eigenvalue weighted by atomic mass is 32.1. The van der Waals surface area contributed by atoms with E-state index in [0.717, 1.165) is 29.2 Å². The van der Waals surface area contributed by atoms with Gasteiger partial charge in [0.15, 0.2) is 0 Å². The third-order valence-corrected chi connectivity index (χ3v) is 6.55. The summed E-state index contributed by atoms with van der Waals surface area (Å²) in [6, 6.07) is 12.6. The minimum absolute atomic E-state index is 0.00523. The zero-order chi connectivity index (χ0) is 18.1. The molecule has 1 aliphatic rings. The van der Waals surface area contributed by atoms with Gasteiger partial charge in [-0.2, -0.15) is 0 Å². The number of thiazole rings is 1. The lowest BCUT2D eigenvalue weighted by Crippen LogP contribution is -2.43. The van der Waals surface area contributed by atoms with E-state index < -0.39 is 0 Å². The largest absolute Gasteiger partial charge is 0.337 e. The minimum Gasteiger partial charge on any atom is -0.337 e. The zero-order valence-electron chi connectivity index (χ0n) is 14.9. The van der Waals surface area contributed by atoms with Gasteiger partial charge in [0.25, 0.3) is 0 Å². The van der Waals surface area contributed by atoms with Gasteiger partial charge in [-0.25, -0.2) is 9.78 Å². The number of rotatable bonds is 4. The smallest absolute Gasteiger partial charge is 0.322 e. The summed E-state index contributed by atoms with van der Waals surface area (Å²) in [7, 11) is 0. The fraction of sp³-hybridized carbons (Fsp3) is 0.300. The number of nitrogens with zero attached hydrogens (tertiary/aromatic N) is 2. The number of hydrogen-bond acceptors (Lipinski definition) is 4. The van der Waals surface area contributed by atoms with Crippen molar-refractivity contribution in [2.24, 2.45) is 0 Å². The van der Waals surface area contributed by atoms with E-state index in [1.54, 1.807) is 22.7 Å². The van der Waals surface area contributed by atoms with Gasteiger partial charge in [-0.3, -0.25) is 4.90 Å². The first-order valence-electron chi connectivity index (χ1n) is 8.78. The van der Waals surface area contributed by atoms with Crippen molar-refractivity contribution in [1.82, 2.24) is 10.3 Å². The average Bonchev–Trinajstić information content (AvgIpc) is 3.32. The number of fused-ring (bicyclic) bond motifs is 1. The van der Waals surface area contributed by atoms with Crippen LogP contribution in [0.25, 0.3) is 10.6 Å². The Balaban J connectivity index is 1.35. The highest BCUT2D eigenvalue weighted by Crippen LogP contribution is 2.32. The quantitative estimate of drug-likeness (QED) is 0.698. The monoisotopic (exact) mass is 383 g/mol. The maximum atomic E-state index is 12.6. The van der Waals surface area contributed by atoms with Gasteiger partial charge in [0.05, 0.1) is 15.6 Å². The molecule has 2 aromatic heterocycles. The van der Waals surface area contributed by atoms with Gasteiger partial charge >= 0.3 is 6.03 Å². The Kier molecular flexibility index (Phi) is 4.78. The van der Waals surface area contributed by atoms with Crippen LogP contribution in [0.4, 0.5) is 10.5 Å². The van der Waals surface area contributed by atoms with Crippen molar-refractivity contribution < 1.29 is 4.79 Å². The topological polar surface area (TPSA) is 45.2 Å². The SMILES string of the molecule is Cc1nc(-c2ccc(CCNC(=O)N3c4ccccc4CC3C)s2)cs1. The number of amides is 2. The number of anilines is 1.